The summed E-state index contributed by atoms with van der Waals surface area (Å²) >= 11 is 0. The van der Waals surface area contributed by atoms with Crippen molar-refractivity contribution in [3.63, 3.8) is 0 Å². The third-order valence-electron chi connectivity index (χ3n) is 5.00. The molecule has 0 saturated carbocycles. The third kappa shape index (κ3) is 5.77. The molecule has 0 spiro atoms. The number of carbonyl (C=O) groups is 1. The van der Waals surface area contributed by atoms with E-state index in [1.54, 1.807) is 19.9 Å². The Bertz CT molecular complexity index is 1190. The summed E-state index contributed by atoms with van der Waals surface area (Å²) < 4.78 is 52.3. The molecule has 3 aromatic rings. The van der Waals surface area contributed by atoms with Crippen molar-refractivity contribution in [2.24, 2.45) is 0 Å². The minimum absolute atomic E-state index is 0.0125. The van der Waals surface area contributed by atoms with Crippen LogP contribution >= 0.6 is 0 Å². The van der Waals surface area contributed by atoms with Gasteiger partial charge < -0.3 is 24.4 Å². The minimum Gasteiger partial charge on any atom is -0.484 e. The molecular weight excluding hydrogens is 473 g/mol. The molecule has 2 N–H and O–H groups in total. The van der Waals surface area contributed by atoms with E-state index >= 15 is 0 Å². The van der Waals surface area contributed by atoms with Gasteiger partial charge in [-0.3, -0.25) is 4.90 Å². The maximum atomic E-state index is 12.4. The Morgan fingerprint density at radius 3 is 2.83 bits per heavy atom. The van der Waals surface area contributed by atoms with E-state index < -0.39 is 37.1 Å². The number of anilines is 2. The predicted octanol–water partition coefficient (Wildman–Crippen LogP) is 3.35. The number of cyclic esters (lactones) is 1. The molecule has 11 nitrogen and oxygen atoms in total. The maximum absolute atomic E-state index is 12.4. The molecule has 35 heavy (non-hydrogen) atoms. The standard InChI is InChI=1S/C21H21F3N6O5/c1-11(26-19-25-7-6-16(27-19)30-15(12(2)31)9-33-20(30)32)18-28-17(29-35-18)13-4-3-5-14(8-13)34-10-21(22,23)24/h3-8,11-12,15,31H,9-10H2,1-2H3,(H,25,26,27)/t11?,12-,15?/m1/s1. The summed E-state index contributed by atoms with van der Waals surface area (Å²) in [5.74, 6) is 0.725. The summed E-state index contributed by atoms with van der Waals surface area (Å²) in [7, 11) is 0. The lowest BCUT2D eigenvalue weighted by atomic mass is 10.2. The number of nitrogens with one attached hydrogen (secondary N) is 1. The Morgan fingerprint density at radius 2 is 2.09 bits per heavy atom. The Kier molecular flexibility index (Phi) is 6.73. The normalized spacial score (nSPS) is 17.7. The fourth-order valence-electron chi connectivity index (χ4n) is 3.28. The average Bonchev–Trinajstić information content (AvgIpc) is 3.45. The lowest BCUT2D eigenvalue weighted by molar-refractivity contribution is -0.153. The van der Waals surface area contributed by atoms with Gasteiger partial charge >= 0.3 is 12.3 Å². The zero-order valence-electron chi connectivity index (χ0n) is 18.6. The number of aromatic nitrogens is 4. The van der Waals surface area contributed by atoms with E-state index in [2.05, 4.69) is 25.4 Å². The Morgan fingerprint density at radius 1 is 1.29 bits per heavy atom. The van der Waals surface area contributed by atoms with E-state index in [-0.39, 0.29) is 35.8 Å². The van der Waals surface area contributed by atoms with Crippen LogP contribution in [0.4, 0.5) is 29.7 Å². The number of nitrogens with zero attached hydrogens (tertiary/aromatic N) is 5. The number of halogens is 3. The molecule has 1 aromatic carbocycles. The van der Waals surface area contributed by atoms with Crippen molar-refractivity contribution in [1.82, 2.24) is 20.1 Å². The van der Waals surface area contributed by atoms with Crippen molar-refractivity contribution in [1.29, 1.82) is 0 Å². The van der Waals surface area contributed by atoms with Gasteiger partial charge in [-0.2, -0.15) is 23.1 Å². The second kappa shape index (κ2) is 9.74. The van der Waals surface area contributed by atoms with Crippen LogP contribution in [-0.2, 0) is 4.74 Å². The summed E-state index contributed by atoms with van der Waals surface area (Å²) in [5.41, 5.74) is 0.404. The number of ether oxygens (including phenoxy) is 2. The molecule has 0 radical (unpaired) electrons. The molecule has 4 rings (SSSR count). The Labute approximate surface area is 196 Å². The highest BCUT2D eigenvalue weighted by Crippen LogP contribution is 2.27. The Hall–Kier alpha value is -3.94. The average molecular weight is 494 g/mol. The molecular formula is C21H21F3N6O5. The van der Waals surface area contributed by atoms with Crippen molar-refractivity contribution < 1.29 is 37.1 Å². The number of carbonyl (C=O) groups excluding carboxylic acids is 1. The smallest absolute Gasteiger partial charge is 0.422 e. The first-order valence-electron chi connectivity index (χ1n) is 10.5. The van der Waals surface area contributed by atoms with E-state index in [1.807, 2.05) is 0 Å². The van der Waals surface area contributed by atoms with E-state index in [1.165, 1.54) is 35.4 Å². The second-order valence-corrected chi connectivity index (χ2v) is 7.75. The van der Waals surface area contributed by atoms with E-state index in [0.29, 0.717) is 5.56 Å². The highest BCUT2D eigenvalue weighted by molar-refractivity contribution is 5.89. The van der Waals surface area contributed by atoms with Crippen molar-refractivity contribution in [3.8, 4) is 17.1 Å². The third-order valence-corrected chi connectivity index (χ3v) is 5.00. The molecule has 1 fully saturated rings. The van der Waals surface area contributed by atoms with Crippen LogP contribution in [0.15, 0.2) is 41.1 Å². The molecule has 2 unspecified atom stereocenters. The molecule has 0 bridgehead atoms. The Balaban J connectivity index is 1.46. The molecule has 186 valence electrons. The van der Waals surface area contributed by atoms with Crippen molar-refractivity contribution >= 4 is 17.9 Å². The number of hydrogen-bond acceptors (Lipinski definition) is 10. The van der Waals surface area contributed by atoms with Crippen molar-refractivity contribution in [2.75, 3.05) is 23.4 Å². The molecule has 0 aliphatic carbocycles. The van der Waals surface area contributed by atoms with Gasteiger partial charge in [0.05, 0.1) is 6.10 Å². The van der Waals surface area contributed by atoms with Gasteiger partial charge in [-0.1, -0.05) is 17.3 Å². The topological polar surface area (TPSA) is 136 Å². The number of benzene rings is 1. The first-order valence-corrected chi connectivity index (χ1v) is 10.5. The summed E-state index contributed by atoms with van der Waals surface area (Å²) in [4.78, 5) is 26.1. The van der Waals surface area contributed by atoms with E-state index in [4.69, 9.17) is 14.0 Å². The highest BCUT2D eigenvalue weighted by atomic mass is 19.4. The molecule has 1 amide bonds. The zero-order valence-corrected chi connectivity index (χ0v) is 18.6. The summed E-state index contributed by atoms with van der Waals surface area (Å²) in [6.45, 7) is 1.88. The highest BCUT2D eigenvalue weighted by Gasteiger charge is 2.38. The van der Waals surface area contributed by atoms with Gasteiger partial charge in [0.2, 0.25) is 17.7 Å². The van der Waals surface area contributed by atoms with Crippen molar-refractivity contribution in [2.45, 2.75) is 38.2 Å². The zero-order chi connectivity index (χ0) is 25.2. The van der Waals surface area contributed by atoms with Gasteiger partial charge in [0.15, 0.2) is 6.61 Å². The van der Waals surface area contributed by atoms with Crippen LogP contribution in [0.2, 0.25) is 0 Å². The number of aliphatic hydroxyl groups is 1. The molecule has 14 heteroatoms. The fourth-order valence-corrected chi connectivity index (χ4v) is 3.28. The molecule has 2 aromatic heterocycles. The SMILES string of the molecule is CC(Nc1nccc(N2C(=O)OCC2[C@@H](C)O)n1)c1nc(-c2cccc(OCC(F)(F)F)c2)no1. The molecule has 1 aliphatic rings. The second-order valence-electron chi connectivity index (χ2n) is 7.75. The number of amides is 1. The molecule has 3 atom stereocenters. The molecule has 1 aliphatic heterocycles. The summed E-state index contributed by atoms with van der Waals surface area (Å²) in [5, 5.41) is 16.8. The number of rotatable bonds is 8. The molecule has 1 saturated heterocycles. The van der Waals surface area contributed by atoms with Crippen LogP contribution in [0.1, 0.15) is 25.8 Å². The van der Waals surface area contributed by atoms with Crippen LogP contribution in [0.3, 0.4) is 0 Å². The lowest BCUT2D eigenvalue weighted by Crippen LogP contribution is -2.41. The van der Waals surface area contributed by atoms with Crippen molar-refractivity contribution in [3.05, 3.63) is 42.4 Å². The first-order chi connectivity index (χ1) is 16.6. The quantitative estimate of drug-likeness (QED) is 0.480. The largest absolute Gasteiger partial charge is 0.484 e. The number of hydrogen-bond donors (Lipinski definition) is 2. The van der Waals surface area contributed by atoms with Gasteiger partial charge in [-0.25, -0.2) is 9.78 Å². The van der Waals surface area contributed by atoms with Crippen LogP contribution < -0.4 is 15.0 Å². The van der Waals surface area contributed by atoms with E-state index in [9.17, 15) is 23.1 Å². The van der Waals surface area contributed by atoms with Crippen LogP contribution in [0.25, 0.3) is 11.4 Å². The van der Waals surface area contributed by atoms with Gasteiger partial charge in [0.1, 0.15) is 30.3 Å². The lowest BCUT2D eigenvalue weighted by Gasteiger charge is -2.22. The van der Waals surface area contributed by atoms with Gasteiger partial charge in [-0.15, -0.1) is 0 Å². The summed E-state index contributed by atoms with van der Waals surface area (Å²) in [6, 6.07) is 6.25. The monoisotopic (exact) mass is 494 g/mol. The number of aliphatic hydroxyl groups excluding tert-OH is 1. The van der Waals surface area contributed by atoms with Crippen LogP contribution in [0, 0.1) is 0 Å². The van der Waals surface area contributed by atoms with Gasteiger partial charge in [0, 0.05) is 11.8 Å². The van der Waals surface area contributed by atoms with Gasteiger partial charge in [-0.05, 0) is 32.0 Å². The van der Waals surface area contributed by atoms with Crippen LogP contribution in [-0.4, -0.2) is 62.8 Å². The molecule has 3 heterocycles. The minimum atomic E-state index is -4.46. The maximum Gasteiger partial charge on any atom is 0.422 e. The summed E-state index contributed by atoms with van der Waals surface area (Å²) in [6.07, 6.45) is -4.48. The van der Waals surface area contributed by atoms with E-state index in [0.717, 1.165) is 0 Å². The van der Waals surface area contributed by atoms with Gasteiger partial charge in [0.25, 0.3) is 0 Å². The first kappa shape index (κ1) is 24.2. The number of alkyl halides is 3. The van der Waals surface area contributed by atoms with Crippen LogP contribution in [0.5, 0.6) is 5.75 Å². The fraction of sp³-hybridized carbons (Fsp3) is 0.381. The predicted molar refractivity (Wildman–Crippen MR) is 115 cm³/mol.